The summed E-state index contributed by atoms with van der Waals surface area (Å²) >= 11 is 6.81. The lowest BCUT2D eigenvalue weighted by Crippen LogP contribution is -2.27. The fraction of sp³-hybridized carbons (Fsp3) is 0.182. The molecule has 1 unspecified atom stereocenters. The summed E-state index contributed by atoms with van der Waals surface area (Å²) in [5, 5.41) is 0. The number of amides is 1. The van der Waals surface area contributed by atoms with Crippen molar-refractivity contribution in [2.75, 3.05) is 0 Å². The smallest absolute Gasteiger partial charge is 0.266 e. The van der Waals surface area contributed by atoms with E-state index in [1.54, 1.807) is 4.90 Å². The van der Waals surface area contributed by atoms with E-state index in [0.29, 0.717) is 15.8 Å². The molecule has 0 radical (unpaired) electrons. The Labute approximate surface area is 168 Å². The lowest BCUT2D eigenvalue weighted by Gasteiger charge is -2.23. The number of fused-ring (bicyclic) bond motifs is 1. The molecule has 2 aromatic carbocycles. The highest BCUT2D eigenvalue weighted by Gasteiger charge is 2.33. The number of rotatable bonds is 3. The lowest BCUT2D eigenvalue weighted by atomic mass is 10.0. The van der Waals surface area contributed by atoms with Crippen LogP contribution in [0.3, 0.4) is 0 Å². The van der Waals surface area contributed by atoms with Gasteiger partial charge in [-0.05, 0) is 43.2 Å². The van der Waals surface area contributed by atoms with Crippen molar-refractivity contribution in [1.82, 2.24) is 4.90 Å². The summed E-state index contributed by atoms with van der Waals surface area (Å²) in [6, 6.07) is 16.1. The fourth-order valence-electron chi connectivity index (χ4n) is 3.09. The number of thioether (sulfide) groups is 1. The molecule has 5 heteroatoms. The minimum Gasteiger partial charge on any atom is -0.485 e. The molecule has 136 valence electrons. The van der Waals surface area contributed by atoms with Gasteiger partial charge in [0.2, 0.25) is 0 Å². The molecule has 2 heterocycles. The van der Waals surface area contributed by atoms with Gasteiger partial charge in [0.15, 0.2) is 0 Å². The molecule has 3 nitrogen and oxygen atoms in total. The SMILES string of the molecule is Cc1ccc(CN2C(=O)C(=CC3=Cc4ccccc4OC3C)SC2=S)cc1. The summed E-state index contributed by atoms with van der Waals surface area (Å²) in [5.74, 6) is 0.826. The third-order valence-electron chi connectivity index (χ3n) is 4.65. The highest BCUT2D eigenvalue weighted by Crippen LogP contribution is 2.36. The van der Waals surface area contributed by atoms with Crippen LogP contribution in [-0.2, 0) is 11.3 Å². The van der Waals surface area contributed by atoms with Crippen LogP contribution in [0.1, 0.15) is 23.6 Å². The largest absolute Gasteiger partial charge is 0.485 e. The topological polar surface area (TPSA) is 29.5 Å². The Kier molecular flexibility index (Phi) is 4.89. The molecule has 2 aromatic rings. The highest BCUT2D eigenvalue weighted by atomic mass is 32.2. The summed E-state index contributed by atoms with van der Waals surface area (Å²) in [6.45, 7) is 4.53. The number of thiocarbonyl (C=S) groups is 1. The third kappa shape index (κ3) is 3.70. The molecule has 0 bridgehead atoms. The minimum absolute atomic E-state index is 0.0440. The van der Waals surface area contributed by atoms with E-state index < -0.39 is 0 Å². The molecule has 27 heavy (non-hydrogen) atoms. The summed E-state index contributed by atoms with van der Waals surface area (Å²) in [7, 11) is 0. The number of benzene rings is 2. The highest BCUT2D eigenvalue weighted by molar-refractivity contribution is 8.26. The molecule has 0 aromatic heterocycles. The molecule has 0 aliphatic carbocycles. The Bertz CT molecular complexity index is 976. The Balaban J connectivity index is 1.58. The van der Waals surface area contributed by atoms with Gasteiger partial charge in [0.05, 0.1) is 11.4 Å². The number of hydrogen-bond donors (Lipinski definition) is 0. The van der Waals surface area contributed by atoms with Crippen LogP contribution in [0.2, 0.25) is 0 Å². The van der Waals surface area contributed by atoms with E-state index in [-0.39, 0.29) is 12.0 Å². The van der Waals surface area contributed by atoms with Crippen LogP contribution in [-0.4, -0.2) is 21.2 Å². The first-order valence-electron chi connectivity index (χ1n) is 8.79. The van der Waals surface area contributed by atoms with Crippen LogP contribution in [0.4, 0.5) is 0 Å². The summed E-state index contributed by atoms with van der Waals surface area (Å²) in [6.07, 6.45) is 3.88. The van der Waals surface area contributed by atoms with Crippen molar-refractivity contribution in [1.29, 1.82) is 0 Å². The minimum atomic E-state index is -0.111. The van der Waals surface area contributed by atoms with Gasteiger partial charge in [-0.3, -0.25) is 9.69 Å². The van der Waals surface area contributed by atoms with E-state index in [1.807, 2.05) is 68.5 Å². The second-order valence-corrected chi connectivity index (χ2v) is 8.37. The summed E-state index contributed by atoms with van der Waals surface area (Å²) < 4.78 is 6.57. The summed E-state index contributed by atoms with van der Waals surface area (Å²) in [4.78, 5) is 15.2. The Morgan fingerprint density at radius 3 is 2.70 bits per heavy atom. The van der Waals surface area contributed by atoms with E-state index in [9.17, 15) is 4.79 Å². The molecule has 0 N–H and O–H groups in total. The van der Waals surface area contributed by atoms with Crippen LogP contribution in [0.15, 0.2) is 65.1 Å². The van der Waals surface area contributed by atoms with Crippen molar-refractivity contribution in [2.24, 2.45) is 0 Å². The van der Waals surface area contributed by atoms with Crippen molar-refractivity contribution in [2.45, 2.75) is 26.5 Å². The number of carbonyl (C=O) groups is 1. The van der Waals surface area contributed by atoms with E-state index in [0.717, 1.165) is 22.4 Å². The number of carbonyl (C=O) groups excluding carboxylic acids is 1. The van der Waals surface area contributed by atoms with Gasteiger partial charge in [-0.1, -0.05) is 72.0 Å². The van der Waals surface area contributed by atoms with Gasteiger partial charge >= 0.3 is 0 Å². The molecule has 1 atom stereocenters. The molecule has 0 spiro atoms. The van der Waals surface area contributed by atoms with Gasteiger partial charge in [0.1, 0.15) is 16.2 Å². The maximum absolute atomic E-state index is 12.9. The molecule has 1 saturated heterocycles. The molecule has 2 aliphatic heterocycles. The maximum Gasteiger partial charge on any atom is 0.266 e. The van der Waals surface area contributed by atoms with Gasteiger partial charge in [-0.15, -0.1) is 0 Å². The zero-order valence-electron chi connectivity index (χ0n) is 15.1. The van der Waals surface area contributed by atoms with Crippen LogP contribution >= 0.6 is 24.0 Å². The first-order valence-corrected chi connectivity index (χ1v) is 10.0. The quantitative estimate of drug-likeness (QED) is 0.536. The standard InChI is InChI=1S/C22H19NO2S2/c1-14-7-9-16(10-8-14)13-23-21(24)20(27-22(23)26)12-18-11-17-5-3-4-6-19(17)25-15(18)2/h3-12,15H,13H2,1-2H3. The van der Waals surface area contributed by atoms with Crippen LogP contribution in [0.25, 0.3) is 6.08 Å². The Morgan fingerprint density at radius 1 is 1.19 bits per heavy atom. The zero-order valence-corrected chi connectivity index (χ0v) is 16.8. The van der Waals surface area contributed by atoms with Gasteiger partial charge < -0.3 is 4.74 Å². The first kappa shape index (κ1) is 18.0. The number of para-hydroxylation sites is 1. The molecule has 4 rings (SSSR count). The second-order valence-electron chi connectivity index (χ2n) is 6.70. The maximum atomic E-state index is 12.9. The van der Waals surface area contributed by atoms with Crippen LogP contribution in [0.5, 0.6) is 5.75 Å². The van der Waals surface area contributed by atoms with Crippen molar-refractivity contribution < 1.29 is 9.53 Å². The van der Waals surface area contributed by atoms with E-state index in [4.69, 9.17) is 17.0 Å². The normalized spacial score (nSPS) is 20.5. The molecular weight excluding hydrogens is 374 g/mol. The fourth-order valence-corrected chi connectivity index (χ4v) is 4.34. The van der Waals surface area contributed by atoms with E-state index in [1.165, 1.54) is 17.3 Å². The average Bonchev–Trinajstić information content (AvgIpc) is 2.91. The number of aryl methyl sites for hydroxylation is 1. The molecule has 1 fully saturated rings. The Morgan fingerprint density at radius 2 is 1.93 bits per heavy atom. The van der Waals surface area contributed by atoms with E-state index >= 15 is 0 Å². The van der Waals surface area contributed by atoms with Gasteiger partial charge in [0, 0.05) is 5.56 Å². The molecule has 1 amide bonds. The average molecular weight is 394 g/mol. The van der Waals surface area contributed by atoms with Crippen LogP contribution in [0, 0.1) is 6.92 Å². The van der Waals surface area contributed by atoms with Gasteiger partial charge in [0.25, 0.3) is 5.91 Å². The van der Waals surface area contributed by atoms with Crippen molar-refractivity contribution in [3.05, 3.63) is 81.8 Å². The third-order valence-corrected chi connectivity index (χ3v) is 6.02. The molecule has 0 saturated carbocycles. The van der Waals surface area contributed by atoms with E-state index in [2.05, 4.69) is 6.08 Å². The number of nitrogens with zero attached hydrogens (tertiary/aromatic N) is 1. The lowest BCUT2D eigenvalue weighted by molar-refractivity contribution is -0.122. The van der Waals surface area contributed by atoms with Gasteiger partial charge in [-0.2, -0.15) is 0 Å². The molecular formula is C22H19NO2S2. The Hall–Kier alpha value is -2.37. The first-order chi connectivity index (χ1) is 13.0. The summed E-state index contributed by atoms with van der Waals surface area (Å²) in [5.41, 5.74) is 4.27. The van der Waals surface area contributed by atoms with Gasteiger partial charge in [-0.25, -0.2) is 0 Å². The second kappa shape index (κ2) is 7.33. The number of hydrogen-bond acceptors (Lipinski definition) is 4. The predicted molar refractivity (Wildman–Crippen MR) is 115 cm³/mol. The zero-order chi connectivity index (χ0) is 19.0. The monoisotopic (exact) mass is 393 g/mol. The van der Waals surface area contributed by atoms with Crippen LogP contribution < -0.4 is 4.74 Å². The molecule has 2 aliphatic rings. The van der Waals surface area contributed by atoms with Crippen molar-refractivity contribution >= 4 is 40.3 Å². The van der Waals surface area contributed by atoms with Crippen molar-refractivity contribution in [3.8, 4) is 5.75 Å². The van der Waals surface area contributed by atoms with Crippen molar-refractivity contribution in [3.63, 3.8) is 0 Å². The predicted octanol–water partition coefficient (Wildman–Crippen LogP) is 5.10. The number of ether oxygens (including phenoxy) is 1.